The highest BCUT2D eigenvalue weighted by Crippen LogP contribution is 2.41. The van der Waals surface area contributed by atoms with E-state index in [2.05, 4.69) is 17.1 Å². The summed E-state index contributed by atoms with van der Waals surface area (Å²) in [6, 6.07) is 17.5. The quantitative estimate of drug-likeness (QED) is 0.695. The Morgan fingerprint density at radius 2 is 1.68 bits per heavy atom. The summed E-state index contributed by atoms with van der Waals surface area (Å²) in [4.78, 5) is 19.3. The number of amides is 1. The molecule has 142 valence electrons. The van der Waals surface area contributed by atoms with Gasteiger partial charge < -0.3 is 14.4 Å². The molecule has 1 atom stereocenters. The Hall–Kier alpha value is -3.34. The minimum Gasteiger partial charge on any atom is -0.493 e. The zero-order valence-corrected chi connectivity index (χ0v) is 16.0. The van der Waals surface area contributed by atoms with E-state index in [4.69, 9.17) is 9.47 Å². The molecule has 2 heterocycles. The SMILES string of the molecule is COc1cc2c(cc1OC)[C@H](c1ccccc1)N(C(=O)c1ccncc1)CC2. The van der Waals surface area contributed by atoms with Crippen LogP contribution in [0.4, 0.5) is 0 Å². The Kier molecular flexibility index (Phi) is 4.98. The van der Waals surface area contributed by atoms with E-state index in [1.54, 1.807) is 38.7 Å². The number of benzene rings is 2. The largest absolute Gasteiger partial charge is 0.493 e. The summed E-state index contributed by atoms with van der Waals surface area (Å²) in [6.07, 6.45) is 4.06. The first-order valence-electron chi connectivity index (χ1n) is 9.23. The maximum Gasteiger partial charge on any atom is 0.254 e. The highest BCUT2D eigenvalue weighted by atomic mass is 16.5. The van der Waals surface area contributed by atoms with Crippen molar-refractivity contribution in [2.24, 2.45) is 0 Å². The molecular weight excluding hydrogens is 352 g/mol. The highest BCUT2D eigenvalue weighted by Gasteiger charge is 2.33. The standard InChI is InChI=1S/C23H22N2O3/c1-27-20-14-18-10-13-25(23(26)17-8-11-24-12-9-17)22(16-6-4-3-5-7-16)19(18)15-21(20)28-2/h3-9,11-12,14-15,22H,10,13H2,1-2H3/t22-/m0/s1. The molecule has 1 amide bonds. The normalized spacial score (nSPS) is 15.6. The van der Waals surface area contributed by atoms with Crippen molar-refractivity contribution >= 4 is 5.91 Å². The van der Waals surface area contributed by atoms with Gasteiger partial charge >= 0.3 is 0 Å². The fourth-order valence-corrected chi connectivity index (χ4v) is 3.82. The number of pyridine rings is 1. The summed E-state index contributed by atoms with van der Waals surface area (Å²) in [7, 11) is 3.27. The van der Waals surface area contributed by atoms with Crippen molar-refractivity contribution in [2.75, 3.05) is 20.8 Å². The molecule has 2 aromatic carbocycles. The molecule has 0 saturated carbocycles. The minimum absolute atomic E-state index is 0.00307. The molecular formula is C23H22N2O3. The van der Waals surface area contributed by atoms with Crippen LogP contribution in [0.2, 0.25) is 0 Å². The van der Waals surface area contributed by atoms with Crippen LogP contribution in [-0.4, -0.2) is 36.6 Å². The zero-order chi connectivity index (χ0) is 19.5. The van der Waals surface area contributed by atoms with Crippen molar-refractivity contribution in [2.45, 2.75) is 12.5 Å². The fraction of sp³-hybridized carbons (Fsp3) is 0.217. The second-order valence-electron chi connectivity index (χ2n) is 6.70. The number of carbonyl (C=O) groups is 1. The first-order chi connectivity index (χ1) is 13.7. The van der Waals surface area contributed by atoms with Gasteiger partial charge in [0.2, 0.25) is 0 Å². The average molecular weight is 374 g/mol. The average Bonchev–Trinajstić information content (AvgIpc) is 2.77. The summed E-state index contributed by atoms with van der Waals surface area (Å²) in [5, 5.41) is 0. The van der Waals surface area contributed by atoms with Gasteiger partial charge in [0.05, 0.1) is 20.3 Å². The molecule has 4 rings (SSSR count). The third-order valence-electron chi connectivity index (χ3n) is 5.18. The number of nitrogens with zero attached hydrogens (tertiary/aromatic N) is 2. The van der Waals surface area contributed by atoms with Crippen LogP contribution >= 0.6 is 0 Å². The Morgan fingerprint density at radius 3 is 2.36 bits per heavy atom. The van der Waals surface area contributed by atoms with Crippen molar-refractivity contribution in [3.05, 3.63) is 89.2 Å². The molecule has 1 aromatic heterocycles. The topological polar surface area (TPSA) is 51.7 Å². The molecule has 0 bridgehead atoms. The molecule has 5 nitrogen and oxygen atoms in total. The number of fused-ring (bicyclic) bond motifs is 1. The number of ether oxygens (including phenoxy) is 2. The third kappa shape index (κ3) is 3.20. The van der Waals surface area contributed by atoms with E-state index < -0.39 is 0 Å². The number of rotatable bonds is 4. The molecule has 0 aliphatic carbocycles. The Balaban J connectivity index is 1.84. The Morgan fingerprint density at radius 1 is 1.00 bits per heavy atom. The van der Waals surface area contributed by atoms with Crippen LogP contribution < -0.4 is 9.47 Å². The fourth-order valence-electron chi connectivity index (χ4n) is 3.82. The summed E-state index contributed by atoms with van der Waals surface area (Å²) >= 11 is 0. The summed E-state index contributed by atoms with van der Waals surface area (Å²) in [5.41, 5.74) is 3.95. The van der Waals surface area contributed by atoms with Crippen molar-refractivity contribution in [1.29, 1.82) is 0 Å². The van der Waals surface area contributed by atoms with Gasteiger partial charge in [-0.25, -0.2) is 0 Å². The van der Waals surface area contributed by atoms with Crippen LogP contribution in [0.5, 0.6) is 11.5 Å². The lowest BCUT2D eigenvalue weighted by molar-refractivity contribution is 0.0694. The molecule has 1 aliphatic rings. The molecule has 0 spiro atoms. The lowest BCUT2D eigenvalue weighted by Gasteiger charge is -2.38. The van der Waals surface area contributed by atoms with Crippen LogP contribution in [0.3, 0.4) is 0 Å². The molecule has 0 fully saturated rings. The monoisotopic (exact) mass is 374 g/mol. The van der Waals surface area contributed by atoms with Gasteiger partial charge in [0.1, 0.15) is 0 Å². The number of hydrogen-bond acceptors (Lipinski definition) is 4. The second kappa shape index (κ2) is 7.72. The first kappa shape index (κ1) is 18.0. The number of hydrogen-bond donors (Lipinski definition) is 0. The van der Waals surface area contributed by atoms with Crippen LogP contribution in [0.25, 0.3) is 0 Å². The molecule has 0 N–H and O–H groups in total. The molecule has 3 aromatic rings. The summed E-state index contributed by atoms with van der Waals surface area (Å²) in [5.74, 6) is 1.37. The van der Waals surface area contributed by atoms with Crippen molar-refractivity contribution < 1.29 is 14.3 Å². The van der Waals surface area contributed by atoms with E-state index >= 15 is 0 Å². The third-order valence-corrected chi connectivity index (χ3v) is 5.18. The van der Waals surface area contributed by atoms with Gasteiger partial charge in [0.15, 0.2) is 11.5 Å². The maximum absolute atomic E-state index is 13.3. The Labute approximate surface area is 164 Å². The van der Waals surface area contributed by atoms with E-state index in [-0.39, 0.29) is 11.9 Å². The van der Waals surface area contributed by atoms with Gasteiger partial charge in [0, 0.05) is 24.5 Å². The lowest BCUT2D eigenvalue weighted by Crippen LogP contribution is -2.40. The van der Waals surface area contributed by atoms with Gasteiger partial charge in [-0.3, -0.25) is 9.78 Å². The minimum atomic E-state index is -0.189. The lowest BCUT2D eigenvalue weighted by atomic mass is 9.87. The van der Waals surface area contributed by atoms with E-state index in [1.807, 2.05) is 35.2 Å². The van der Waals surface area contributed by atoms with Crippen LogP contribution in [0.15, 0.2) is 67.0 Å². The van der Waals surface area contributed by atoms with Crippen LogP contribution in [-0.2, 0) is 6.42 Å². The van der Waals surface area contributed by atoms with Crippen LogP contribution in [0.1, 0.15) is 33.1 Å². The van der Waals surface area contributed by atoms with Crippen LogP contribution in [0, 0.1) is 0 Å². The van der Waals surface area contributed by atoms with Crippen molar-refractivity contribution in [1.82, 2.24) is 9.88 Å². The van der Waals surface area contributed by atoms with E-state index in [0.29, 0.717) is 23.6 Å². The molecule has 0 saturated heterocycles. The molecule has 5 heteroatoms. The zero-order valence-electron chi connectivity index (χ0n) is 16.0. The van der Waals surface area contributed by atoms with Crippen molar-refractivity contribution in [3.63, 3.8) is 0 Å². The molecule has 28 heavy (non-hydrogen) atoms. The number of methoxy groups -OCH3 is 2. The predicted octanol–water partition coefficient (Wildman–Crippen LogP) is 3.89. The summed E-state index contributed by atoms with van der Waals surface area (Å²) < 4.78 is 11.0. The van der Waals surface area contributed by atoms with Gasteiger partial charge in [-0.1, -0.05) is 30.3 Å². The van der Waals surface area contributed by atoms with Crippen molar-refractivity contribution in [3.8, 4) is 11.5 Å². The van der Waals surface area contributed by atoms with E-state index in [9.17, 15) is 4.79 Å². The smallest absolute Gasteiger partial charge is 0.254 e. The molecule has 0 unspecified atom stereocenters. The molecule has 1 aliphatic heterocycles. The van der Waals surface area contributed by atoms with Gasteiger partial charge in [0.25, 0.3) is 5.91 Å². The Bertz CT molecular complexity index is 974. The first-order valence-corrected chi connectivity index (χ1v) is 9.23. The maximum atomic E-state index is 13.3. The van der Waals surface area contributed by atoms with Gasteiger partial charge in [-0.15, -0.1) is 0 Å². The molecule has 0 radical (unpaired) electrons. The second-order valence-corrected chi connectivity index (χ2v) is 6.70. The highest BCUT2D eigenvalue weighted by molar-refractivity contribution is 5.94. The van der Waals surface area contributed by atoms with Gasteiger partial charge in [-0.2, -0.15) is 0 Å². The van der Waals surface area contributed by atoms with E-state index in [0.717, 1.165) is 17.5 Å². The summed E-state index contributed by atoms with van der Waals surface area (Å²) in [6.45, 7) is 0.628. The predicted molar refractivity (Wildman–Crippen MR) is 107 cm³/mol. The number of carbonyl (C=O) groups excluding carboxylic acids is 1. The number of aromatic nitrogens is 1. The van der Waals surface area contributed by atoms with Gasteiger partial charge in [-0.05, 0) is 47.4 Å². The van der Waals surface area contributed by atoms with E-state index in [1.165, 1.54) is 5.56 Å².